The molecule has 1 amide bonds. The maximum Gasteiger partial charge on any atom is 0.221 e. The van der Waals surface area contributed by atoms with Crippen LogP contribution in [0.4, 0.5) is 5.69 Å². The molecule has 1 atom stereocenters. The summed E-state index contributed by atoms with van der Waals surface area (Å²) in [4.78, 5) is 12.9. The Morgan fingerprint density at radius 3 is 2.17 bits per heavy atom. The molecule has 170 valence electrons. The molecule has 4 aromatic carbocycles. The third-order valence-electron chi connectivity index (χ3n) is 6.63. The number of thiophene rings is 1. The second kappa shape index (κ2) is 8.53. The lowest BCUT2D eigenvalue weighted by molar-refractivity contribution is -0.114. The fraction of sp³-hybridized carbons (Fsp3) is 0.0645. The molecule has 0 saturated heterocycles. The van der Waals surface area contributed by atoms with Crippen molar-refractivity contribution in [3.8, 4) is 0 Å². The molecular weight excluding hydrogens is 470 g/mol. The van der Waals surface area contributed by atoms with E-state index in [1.807, 2.05) is 35.6 Å². The molecule has 1 N–H and O–H groups in total. The van der Waals surface area contributed by atoms with Gasteiger partial charge in [-0.15, -0.1) is 11.3 Å². The number of carbonyl (C=O) groups excluding carboxylic acids is 1. The summed E-state index contributed by atoms with van der Waals surface area (Å²) < 4.78 is 1.27. The summed E-state index contributed by atoms with van der Waals surface area (Å²) in [6.45, 7) is 1.53. The smallest absolute Gasteiger partial charge is 0.221 e. The summed E-state index contributed by atoms with van der Waals surface area (Å²) in [5.74, 6) is -0.0758. The average molecular weight is 492 g/mol. The highest BCUT2D eigenvalue weighted by molar-refractivity contribution is 7.19. The number of hydrogen-bond donors (Lipinski definition) is 1. The van der Waals surface area contributed by atoms with E-state index in [2.05, 4.69) is 90.3 Å². The van der Waals surface area contributed by atoms with E-state index in [9.17, 15) is 4.79 Å². The lowest BCUT2D eigenvalue weighted by atomic mass is 9.74. The molecule has 0 aliphatic heterocycles. The van der Waals surface area contributed by atoms with E-state index in [1.54, 1.807) is 0 Å². The molecule has 2 nitrogen and oxygen atoms in total. The Hall–Kier alpha value is -3.66. The summed E-state index contributed by atoms with van der Waals surface area (Å²) in [5, 5.41) is 4.88. The standard InChI is InChI=1S/C31H22ClNOS/c1-20(34)33-25-17-13-23(14-18-25)31(22-7-3-2-4-8-22)19-27(21-11-15-24(32)16-12-21)29-26-9-5-6-10-28(26)35-30(29)31/h2-19H,1H3,(H,33,34). The number of hydrogen-bond acceptors (Lipinski definition) is 2. The van der Waals surface area contributed by atoms with Gasteiger partial charge in [-0.1, -0.05) is 90.5 Å². The van der Waals surface area contributed by atoms with Crippen LogP contribution in [0.5, 0.6) is 0 Å². The molecule has 35 heavy (non-hydrogen) atoms. The van der Waals surface area contributed by atoms with Gasteiger partial charge in [-0.3, -0.25) is 4.79 Å². The summed E-state index contributed by atoms with van der Waals surface area (Å²) in [7, 11) is 0. The predicted octanol–water partition coefficient (Wildman–Crippen LogP) is 8.29. The topological polar surface area (TPSA) is 29.1 Å². The van der Waals surface area contributed by atoms with E-state index >= 15 is 0 Å². The molecule has 6 rings (SSSR count). The molecule has 0 saturated carbocycles. The minimum atomic E-state index is -0.454. The fourth-order valence-electron chi connectivity index (χ4n) is 5.12. The number of benzene rings is 4. The van der Waals surface area contributed by atoms with E-state index in [0.717, 1.165) is 21.8 Å². The van der Waals surface area contributed by atoms with Gasteiger partial charge in [0.25, 0.3) is 0 Å². The molecule has 1 aromatic heterocycles. The first-order chi connectivity index (χ1) is 17.1. The number of amides is 1. The van der Waals surface area contributed by atoms with Gasteiger partial charge < -0.3 is 5.32 Å². The Balaban J connectivity index is 1.67. The number of anilines is 1. The van der Waals surface area contributed by atoms with Gasteiger partial charge in [0, 0.05) is 38.2 Å². The number of fused-ring (bicyclic) bond motifs is 3. The second-order valence-electron chi connectivity index (χ2n) is 8.80. The van der Waals surface area contributed by atoms with Crippen molar-refractivity contribution in [2.75, 3.05) is 5.32 Å². The van der Waals surface area contributed by atoms with Crippen molar-refractivity contribution in [1.82, 2.24) is 0 Å². The van der Waals surface area contributed by atoms with Gasteiger partial charge in [-0.2, -0.15) is 0 Å². The highest BCUT2D eigenvalue weighted by Crippen LogP contribution is 2.56. The van der Waals surface area contributed by atoms with E-state index in [1.165, 1.54) is 38.6 Å². The lowest BCUT2D eigenvalue weighted by Crippen LogP contribution is -2.24. The minimum absolute atomic E-state index is 0.0758. The van der Waals surface area contributed by atoms with Gasteiger partial charge in [0.1, 0.15) is 0 Å². The summed E-state index contributed by atoms with van der Waals surface area (Å²) >= 11 is 8.10. The highest BCUT2D eigenvalue weighted by atomic mass is 35.5. The van der Waals surface area contributed by atoms with Crippen LogP contribution < -0.4 is 5.32 Å². The Kier molecular flexibility index (Phi) is 5.32. The number of carbonyl (C=O) groups is 1. The first-order valence-corrected chi connectivity index (χ1v) is 12.7. The van der Waals surface area contributed by atoms with E-state index in [4.69, 9.17) is 11.6 Å². The van der Waals surface area contributed by atoms with Gasteiger partial charge in [-0.25, -0.2) is 0 Å². The number of rotatable bonds is 4. The van der Waals surface area contributed by atoms with Gasteiger partial charge in [0.15, 0.2) is 0 Å². The van der Waals surface area contributed by atoms with Crippen molar-refractivity contribution in [3.05, 3.63) is 141 Å². The van der Waals surface area contributed by atoms with Crippen molar-refractivity contribution in [1.29, 1.82) is 0 Å². The van der Waals surface area contributed by atoms with Crippen LogP contribution in [0, 0.1) is 0 Å². The maximum absolute atomic E-state index is 11.6. The monoisotopic (exact) mass is 491 g/mol. The average Bonchev–Trinajstić information content (AvgIpc) is 3.42. The normalized spacial score (nSPS) is 16.7. The number of allylic oxidation sites excluding steroid dienone is 1. The Morgan fingerprint density at radius 2 is 1.46 bits per heavy atom. The minimum Gasteiger partial charge on any atom is -0.326 e. The number of halogens is 1. The summed E-state index contributed by atoms with van der Waals surface area (Å²) in [6, 6.07) is 35.7. The highest BCUT2D eigenvalue weighted by Gasteiger charge is 2.44. The number of nitrogens with one attached hydrogen (secondary N) is 1. The van der Waals surface area contributed by atoms with Gasteiger partial charge >= 0.3 is 0 Å². The molecule has 0 fully saturated rings. The van der Waals surface area contributed by atoms with Crippen molar-refractivity contribution in [2.45, 2.75) is 12.3 Å². The van der Waals surface area contributed by atoms with Crippen LogP contribution in [0.25, 0.3) is 15.7 Å². The molecule has 0 bridgehead atoms. The zero-order chi connectivity index (χ0) is 24.0. The molecule has 1 aliphatic carbocycles. The van der Waals surface area contributed by atoms with Crippen molar-refractivity contribution >= 4 is 50.2 Å². The fourth-order valence-corrected chi connectivity index (χ4v) is 6.67. The third kappa shape index (κ3) is 3.59. The van der Waals surface area contributed by atoms with E-state index in [0.29, 0.717) is 0 Å². The Labute approximate surface area is 213 Å². The maximum atomic E-state index is 11.6. The summed E-state index contributed by atoms with van der Waals surface area (Å²) in [6.07, 6.45) is 2.41. The first-order valence-electron chi connectivity index (χ1n) is 11.5. The molecule has 1 heterocycles. The van der Waals surface area contributed by atoms with Crippen LogP contribution in [0.2, 0.25) is 5.02 Å². The van der Waals surface area contributed by atoms with Crippen LogP contribution in [0.15, 0.2) is 109 Å². The molecule has 5 aromatic rings. The third-order valence-corrected chi connectivity index (χ3v) is 8.19. The zero-order valence-electron chi connectivity index (χ0n) is 19.1. The molecule has 4 heteroatoms. The van der Waals surface area contributed by atoms with Crippen molar-refractivity contribution < 1.29 is 4.79 Å². The van der Waals surface area contributed by atoms with Crippen LogP contribution in [-0.2, 0) is 10.2 Å². The second-order valence-corrected chi connectivity index (χ2v) is 10.3. The molecule has 0 radical (unpaired) electrons. The molecular formula is C31H22ClNOS. The van der Waals surface area contributed by atoms with Crippen LogP contribution >= 0.6 is 22.9 Å². The van der Waals surface area contributed by atoms with Crippen molar-refractivity contribution in [2.24, 2.45) is 0 Å². The van der Waals surface area contributed by atoms with Crippen LogP contribution in [0.1, 0.15) is 34.1 Å². The van der Waals surface area contributed by atoms with Gasteiger partial charge in [0.05, 0.1) is 5.41 Å². The van der Waals surface area contributed by atoms with Gasteiger partial charge in [0.2, 0.25) is 5.91 Å². The van der Waals surface area contributed by atoms with Crippen LogP contribution in [0.3, 0.4) is 0 Å². The quantitative estimate of drug-likeness (QED) is 0.269. The van der Waals surface area contributed by atoms with E-state index < -0.39 is 5.41 Å². The zero-order valence-corrected chi connectivity index (χ0v) is 20.7. The lowest BCUT2D eigenvalue weighted by Gasteiger charge is -2.29. The van der Waals surface area contributed by atoms with Gasteiger partial charge in [-0.05, 0) is 52.6 Å². The largest absolute Gasteiger partial charge is 0.326 e. The summed E-state index contributed by atoms with van der Waals surface area (Å²) in [5.41, 5.74) is 6.35. The van der Waals surface area contributed by atoms with Crippen LogP contribution in [-0.4, -0.2) is 5.91 Å². The molecule has 1 aliphatic rings. The predicted molar refractivity (Wildman–Crippen MR) is 147 cm³/mol. The van der Waals surface area contributed by atoms with E-state index in [-0.39, 0.29) is 5.91 Å². The first kappa shape index (κ1) is 21.8. The Bertz CT molecular complexity index is 1580. The van der Waals surface area contributed by atoms with Crippen molar-refractivity contribution in [3.63, 3.8) is 0 Å². The molecule has 0 spiro atoms. The molecule has 1 unspecified atom stereocenters. The SMILES string of the molecule is CC(=O)Nc1ccc(C2(c3ccccc3)C=C(c3ccc(Cl)cc3)c3c2sc2ccccc32)cc1. The Morgan fingerprint density at radius 1 is 0.800 bits per heavy atom.